The number of piperazine rings is 1. The molecule has 156 valence electrons. The molecule has 1 aliphatic heterocycles. The van der Waals surface area contributed by atoms with Crippen LogP contribution in [-0.2, 0) is 29.1 Å². The highest BCUT2D eigenvalue weighted by molar-refractivity contribution is 6.30. The average Bonchev–Trinajstić information content (AvgIpc) is 2.72. The molecule has 0 spiro atoms. The third kappa shape index (κ3) is 8.23. The summed E-state index contributed by atoms with van der Waals surface area (Å²) in [6.07, 6.45) is 1.11. The lowest BCUT2D eigenvalue weighted by Crippen LogP contribution is -2.45. The van der Waals surface area contributed by atoms with E-state index in [-0.39, 0.29) is 0 Å². The maximum atomic E-state index is 9.10. The topological polar surface area (TPSA) is 81.1 Å². The highest BCUT2D eigenvalue weighted by atomic mass is 35.5. The van der Waals surface area contributed by atoms with Crippen LogP contribution in [0.4, 0.5) is 0 Å². The molecule has 1 saturated heterocycles. The van der Waals surface area contributed by atoms with Crippen LogP contribution >= 0.6 is 11.6 Å². The predicted molar refractivity (Wildman–Crippen MR) is 113 cm³/mol. The van der Waals surface area contributed by atoms with E-state index < -0.39 is 11.9 Å². The lowest BCUT2D eigenvalue weighted by Gasteiger charge is -2.34. The van der Waals surface area contributed by atoms with Crippen molar-refractivity contribution in [3.05, 3.63) is 70.2 Å². The van der Waals surface area contributed by atoms with Crippen molar-refractivity contribution in [1.29, 1.82) is 0 Å². The SMILES string of the molecule is CCc1ccc(CN2CCN(Cc3ccc(Cl)cc3)CC2)cc1.O=C(O)C(=O)O. The Morgan fingerprint density at radius 3 is 1.45 bits per heavy atom. The third-order valence-electron chi connectivity index (χ3n) is 4.80. The minimum atomic E-state index is -1.82. The standard InChI is InChI=1S/C20H25ClN2.C2H2O4/c1-2-17-3-5-18(6-4-17)15-22-11-13-23(14-12-22)16-19-7-9-20(21)10-8-19;3-1(4)2(5)6/h3-10H,2,11-16H2,1H3;(H,3,4)(H,5,6). The zero-order chi connectivity index (χ0) is 21.2. The number of hydrogen-bond donors (Lipinski definition) is 2. The Labute approximate surface area is 176 Å². The van der Waals surface area contributed by atoms with Crippen molar-refractivity contribution in [2.75, 3.05) is 26.2 Å². The first kappa shape index (κ1) is 22.9. The van der Waals surface area contributed by atoms with Crippen LogP contribution in [0.3, 0.4) is 0 Å². The molecule has 0 atom stereocenters. The molecule has 0 aliphatic carbocycles. The zero-order valence-corrected chi connectivity index (χ0v) is 17.3. The summed E-state index contributed by atoms with van der Waals surface area (Å²) in [6, 6.07) is 17.3. The molecule has 29 heavy (non-hydrogen) atoms. The van der Waals surface area contributed by atoms with Crippen LogP contribution in [0.5, 0.6) is 0 Å². The van der Waals surface area contributed by atoms with E-state index in [4.69, 9.17) is 31.4 Å². The van der Waals surface area contributed by atoms with Crippen molar-refractivity contribution < 1.29 is 19.8 Å². The van der Waals surface area contributed by atoms with Crippen LogP contribution in [0.25, 0.3) is 0 Å². The second-order valence-corrected chi connectivity index (χ2v) is 7.40. The maximum absolute atomic E-state index is 9.10. The van der Waals surface area contributed by atoms with Gasteiger partial charge in [-0.25, -0.2) is 9.59 Å². The van der Waals surface area contributed by atoms with Gasteiger partial charge in [0.15, 0.2) is 0 Å². The van der Waals surface area contributed by atoms with Gasteiger partial charge in [-0.15, -0.1) is 0 Å². The van der Waals surface area contributed by atoms with Crippen LogP contribution in [0.1, 0.15) is 23.6 Å². The van der Waals surface area contributed by atoms with E-state index >= 15 is 0 Å². The number of carboxylic acids is 2. The molecule has 0 aromatic heterocycles. The smallest absolute Gasteiger partial charge is 0.414 e. The molecule has 0 radical (unpaired) electrons. The van der Waals surface area contributed by atoms with Gasteiger partial charge in [0.25, 0.3) is 0 Å². The van der Waals surface area contributed by atoms with E-state index in [1.807, 2.05) is 12.1 Å². The van der Waals surface area contributed by atoms with Gasteiger partial charge >= 0.3 is 11.9 Å². The van der Waals surface area contributed by atoms with Gasteiger partial charge in [-0.05, 0) is 35.2 Å². The van der Waals surface area contributed by atoms with Gasteiger partial charge < -0.3 is 10.2 Å². The van der Waals surface area contributed by atoms with Crippen LogP contribution in [-0.4, -0.2) is 58.1 Å². The lowest BCUT2D eigenvalue weighted by atomic mass is 10.1. The van der Waals surface area contributed by atoms with Crippen LogP contribution in [0, 0.1) is 0 Å². The summed E-state index contributed by atoms with van der Waals surface area (Å²) in [6.45, 7) is 8.85. The van der Waals surface area contributed by atoms with Gasteiger partial charge in [-0.1, -0.05) is 54.9 Å². The lowest BCUT2D eigenvalue weighted by molar-refractivity contribution is -0.159. The molecular formula is C22H27ClN2O4. The van der Waals surface area contributed by atoms with E-state index in [1.54, 1.807) is 0 Å². The molecule has 0 amide bonds. The zero-order valence-electron chi connectivity index (χ0n) is 16.6. The molecule has 1 aliphatic rings. The summed E-state index contributed by atoms with van der Waals surface area (Å²) in [7, 11) is 0. The Hall–Kier alpha value is -2.41. The quantitative estimate of drug-likeness (QED) is 0.724. The first-order chi connectivity index (χ1) is 13.9. The number of aryl methyl sites for hydroxylation is 1. The number of rotatable bonds is 5. The highest BCUT2D eigenvalue weighted by Gasteiger charge is 2.17. The number of carboxylic acid groups (broad SMARTS) is 2. The van der Waals surface area contributed by atoms with Gasteiger partial charge in [-0.2, -0.15) is 0 Å². The van der Waals surface area contributed by atoms with Crippen molar-refractivity contribution in [3.8, 4) is 0 Å². The summed E-state index contributed by atoms with van der Waals surface area (Å²) >= 11 is 5.95. The van der Waals surface area contributed by atoms with Crippen molar-refractivity contribution in [2.24, 2.45) is 0 Å². The Kier molecular flexibility index (Phi) is 9.12. The van der Waals surface area contributed by atoms with Crippen molar-refractivity contribution in [3.63, 3.8) is 0 Å². The van der Waals surface area contributed by atoms with Gasteiger partial charge in [-0.3, -0.25) is 9.80 Å². The number of benzene rings is 2. The van der Waals surface area contributed by atoms with Crippen LogP contribution in [0.15, 0.2) is 48.5 Å². The molecule has 1 fully saturated rings. The fourth-order valence-corrected chi connectivity index (χ4v) is 3.22. The van der Waals surface area contributed by atoms with Crippen LogP contribution < -0.4 is 0 Å². The summed E-state index contributed by atoms with van der Waals surface area (Å²) in [5.41, 5.74) is 4.19. The fraction of sp³-hybridized carbons (Fsp3) is 0.364. The Morgan fingerprint density at radius 1 is 0.759 bits per heavy atom. The van der Waals surface area contributed by atoms with Crippen molar-refractivity contribution in [2.45, 2.75) is 26.4 Å². The van der Waals surface area contributed by atoms with Gasteiger partial charge in [0.05, 0.1) is 0 Å². The first-order valence-electron chi connectivity index (χ1n) is 9.60. The van der Waals surface area contributed by atoms with Gasteiger partial charge in [0.2, 0.25) is 0 Å². The molecule has 0 bridgehead atoms. The monoisotopic (exact) mass is 418 g/mol. The van der Waals surface area contributed by atoms with E-state index in [0.717, 1.165) is 50.7 Å². The van der Waals surface area contributed by atoms with Gasteiger partial charge in [0.1, 0.15) is 0 Å². The molecule has 0 saturated carbocycles. The molecule has 2 aromatic carbocycles. The molecule has 0 unspecified atom stereocenters. The van der Waals surface area contributed by atoms with Crippen molar-refractivity contribution >= 4 is 23.5 Å². The number of aliphatic carboxylic acids is 2. The summed E-state index contributed by atoms with van der Waals surface area (Å²) < 4.78 is 0. The molecule has 6 nitrogen and oxygen atoms in total. The van der Waals surface area contributed by atoms with E-state index in [9.17, 15) is 0 Å². The summed E-state index contributed by atoms with van der Waals surface area (Å²) in [4.78, 5) is 23.3. The minimum absolute atomic E-state index is 0.813. The Morgan fingerprint density at radius 2 is 1.10 bits per heavy atom. The van der Waals surface area contributed by atoms with E-state index in [1.165, 1.54) is 16.7 Å². The molecule has 1 heterocycles. The highest BCUT2D eigenvalue weighted by Crippen LogP contribution is 2.14. The summed E-state index contributed by atoms with van der Waals surface area (Å²) in [5.74, 6) is -3.65. The van der Waals surface area contributed by atoms with E-state index in [2.05, 4.69) is 53.1 Å². The molecule has 2 N–H and O–H groups in total. The number of hydrogen-bond acceptors (Lipinski definition) is 4. The number of nitrogens with zero attached hydrogens (tertiary/aromatic N) is 2. The number of carbonyl (C=O) groups is 2. The second kappa shape index (κ2) is 11.6. The number of halogens is 1. The minimum Gasteiger partial charge on any atom is -0.473 e. The molecular weight excluding hydrogens is 392 g/mol. The third-order valence-corrected chi connectivity index (χ3v) is 5.06. The van der Waals surface area contributed by atoms with Crippen LogP contribution in [0.2, 0.25) is 5.02 Å². The molecule has 7 heteroatoms. The normalized spacial score (nSPS) is 14.7. The molecule has 2 aromatic rings. The molecule has 3 rings (SSSR count). The largest absolute Gasteiger partial charge is 0.473 e. The second-order valence-electron chi connectivity index (χ2n) is 6.96. The average molecular weight is 419 g/mol. The predicted octanol–water partition coefficient (Wildman–Crippen LogP) is 3.38. The first-order valence-corrected chi connectivity index (χ1v) is 9.98. The van der Waals surface area contributed by atoms with Gasteiger partial charge in [0, 0.05) is 44.3 Å². The fourth-order valence-electron chi connectivity index (χ4n) is 3.09. The Bertz CT molecular complexity index is 773. The van der Waals surface area contributed by atoms with Crippen molar-refractivity contribution in [1.82, 2.24) is 9.80 Å². The Balaban J connectivity index is 0.000000438. The maximum Gasteiger partial charge on any atom is 0.414 e. The summed E-state index contributed by atoms with van der Waals surface area (Å²) in [5, 5.41) is 15.6. The van der Waals surface area contributed by atoms with E-state index in [0.29, 0.717) is 0 Å².